The number of pyridine rings is 1. The van der Waals surface area contributed by atoms with Gasteiger partial charge in [-0.25, -0.2) is 18.2 Å². The number of nitrogens with zero attached hydrogens (tertiary/aromatic N) is 1. The zero-order valence-electron chi connectivity index (χ0n) is 19.9. The van der Waals surface area contributed by atoms with Crippen LogP contribution < -0.4 is 11.1 Å². The predicted octanol–water partition coefficient (Wildman–Crippen LogP) is 6.79. The molecule has 0 spiro atoms. The summed E-state index contributed by atoms with van der Waals surface area (Å²) < 4.78 is 47.7. The van der Waals surface area contributed by atoms with Crippen molar-refractivity contribution < 1.29 is 22.4 Å². The molecule has 3 heterocycles. The van der Waals surface area contributed by atoms with Crippen LogP contribution in [0.4, 0.5) is 19.0 Å². The van der Waals surface area contributed by atoms with Crippen LogP contribution in [0.1, 0.15) is 27.2 Å². The van der Waals surface area contributed by atoms with E-state index < -0.39 is 17.5 Å². The first-order chi connectivity index (χ1) is 17.7. The molecule has 8 heteroatoms. The number of amides is 1. The van der Waals surface area contributed by atoms with Crippen molar-refractivity contribution in [2.24, 2.45) is 0 Å². The summed E-state index contributed by atoms with van der Waals surface area (Å²) >= 11 is 0. The second-order valence-corrected chi connectivity index (χ2v) is 9.11. The summed E-state index contributed by atoms with van der Waals surface area (Å²) in [5.74, 6) is -3.83. The number of hydrogen-bond donors (Lipinski definition) is 2. The van der Waals surface area contributed by atoms with Gasteiger partial charge in [-0.05, 0) is 79.1 Å². The molecular formula is C29H20F3N3O2. The molecule has 3 aromatic carbocycles. The first-order valence-corrected chi connectivity index (χ1v) is 11.6. The number of halogens is 3. The molecule has 0 aliphatic carbocycles. The highest BCUT2D eigenvalue weighted by Crippen LogP contribution is 2.42. The number of hydrogen-bond acceptors (Lipinski definition) is 4. The Labute approximate surface area is 209 Å². The lowest BCUT2D eigenvalue weighted by Crippen LogP contribution is -2.24. The molecule has 0 fully saturated rings. The average Bonchev–Trinajstić information content (AvgIpc) is 3.43. The van der Waals surface area contributed by atoms with Gasteiger partial charge in [0.15, 0.2) is 17.5 Å². The minimum atomic E-state index is -1.51. The highest BCUT2D eigenvalue weighted by molar-refractivity contribution is 6.26. The summed E-state index contributed by atoms with van der Waals surface area (Å²) in [6.45, 7) is 4.07. The molecular weight excluding hydrogens is 479 g/mol. The monoisotopic (exact) mass is 499 g/mol. The summed E-state index contributed by atoms with van der Waals surface area (Å²) in [6, 6.07) is 14.3. The number of furan rings is 2. The van der Waals surface area contributed by atoms with Gasteiger partial charge in [0.1, 0.15) is 17.0 Å². The van der Waals surface area contributed by atoms with E-state index in [4.69, 9.17) is 10.2 Å². The van der Waals surface area contributed by atoms with Crippen molar-refractivity contribution in [2.45, 2.75) is 20.4 Å². The van der Waals surface area contributed by atoms with Crippen LogP contribution in [0.2, 0.25) is 0 Å². The first-order valence-electron chi connectivity index (χ1n) is 11.6. The number of nitrogens with one attached hydrogen (secondary N) is 1. The number of nitrogens with two attached hydrogens (primary N) is 1. The van der Waals surface area contributed by atoms with Gasteiger partial charge in [-0.3, -0.25) is 4.79 Å². The molecule has 0 atom stereocenters. The fraction of sp³-hybridized carbons (Fsp3) is 0.103. The van der Waals surface area contributed by atoms with Gasteiger partial charge in [0, 0.05) is 44.9 Å². The quantitative estimate of drug-likeness (QED) is 0.207. The highest BCUT2D eigenvalue weighted by Gasteiger charge is 2.21. The molecule has 184 valence electrons. The van der Waals surface area contributed by atoms with Crippen LogP contribution in [0.15, 0.2) is 59.0 Å². The summed E-state index contributed by atoms with van der Waals surface area (Å²) in [5, 5.41) is 6.02. The van der Waals surface area contributed by atoms with Crippen LogP contribution in [-0.4, -0.2) is 10.9 Å². The number of carbonyl (C=O) groups is 1. The Morgan fingerprint density at radius 3 is 2.35 bits per heavy atom. The molecule has 3 aromatic heterocycles. The van der Waals surface area contributed by atoms with E-state index in [-0.39, 0.29) is 11.5 Å². The van der Waals surface area contributed by atoms with E-state index in [1.54, 1.807) is 36.4 Å². The number of fused-ring (bicyclic) bond motifs is 8. The summed E-state index contributed by atoms with van der Waals surface area (Å²) in [6.07, 6.45) is 0. The molecule has 6 aromatic rings. The Kier molecular flexibility index (Phi) is 5.08. The molecule has 1 amide bonds. The fourth-order valence-corrected chi connectivity index (χ4v) is 4.96. The normalized spacial score (nSPS) is 11.7. The van der Waals surface area contributed by atoms with Crippen LogP contribution in [0.5, 0.6) is 0 Å². The first kappa shape index (κ1) is 22.8. The van der Waals surface area contributed by atoms with Gasteiger partial charge in [0.2, 0.25) is 0 Å². The molecule has 0 unspecified atom stereocenters. The van der Waals surface area contributed by atoms with Gasteiger partial charge in [0.25, 0.3) is 5.91 Å². The van der Waals surface area contributed by atoms with Crippen LogP contribution >= 0.6 is 0 Å². The van der Waals surface area contributed by atoms with Crippen LogP contribution in [0.25, 0.3) is 43.8 Å². The molecule has 0 radical (unpaired) electrons. The lowest BCUT2D eigenvalue weighted by atomic mass is 9.97. The number of aromatic nitrogens is 1. The molecule has 6 rings (SSSR count). The van der Waals surface area contributed by atoms with Crippen molar-refractivity contribution in [1.82, 2.24) is 10.3 Å². The second-order valence-electron chi connectivity index (χ2n) is 9.11. The van der Waals surface area contributed by atoms with Gasteiger partial charge in [-0.1, -0.05) is 6.07 Å². The summed E-state index contributed by atoms with van der Waals surface area (Å²) in [7, 11) is 0. The molecule has 0 aliphatic heterocycles. The molecule has 2 bridgehead atoms. The maximum atomic E-state index is 14.4. The standard InChI is InChI=1S/C29H20F3N3O2/c1-13-9-24(33)35-14(2)22(13)12-34-29(36)16-4-6-19-21(11-16)28-20-10-15(3-5-18(20)27(19)37-28)17-7-8-23(30)26(32)25(17)31/h3-11H,12H2,1-2H3,(H2,33,35)(H,34,36). The van der Waals surface area contributed by atoms with Crippen molar-refractivity contribution in [1.29, 1.82) is 0 Å². The number of anilines is 1. The molecule has 0 saturated heterocycles. The predicted molar refractivity (Wildman–Crippen MR) is 137 cm³/mol. The van der Waals surface area contributed by atoms with E-state index in [0.717, 1.165) is 39.0 Å². The maximum Gasteiger partial charge on any atom is 0.251 e. The molecule has 37 heavy (non-hydrogen) atoms. The molecule has 0 saturated carbocycles. The van der Waals surface area contributed by atoms with Crippen LogP contribution in [0.3, 0.4) is 0 Å². The van der Waals surface area contributed by atoms with Crippen LogP contribution in [-0.2, 0) is 6.54 Å². The van der Waals surface area contributed by atoms with E-state index >= 15 is 0 Å². The van der Waals surface area contributed by atoms with Gasteiger partial charge in [-0.15, -0.1) is 0 Å². The fourth-order valence-electron chi connectivity index (χ4n) is 4.96. The van der Waals surface area contributed by atoms with Crippen LogP contribution in [0, 0.1) is 31.3 Å². The average molecular weight is 499 g/mol. The molecule has 0 aliphatic rings. The third-order valence-electron chi connectivity index (χ3n) is 6.83. The van der Waals surface area contributed by atoms with Gasteiger partial charge in [0.05, 0.1) is 0 Å². The van der Waals surface area contributed by atoms with E-state index in [0.29, 0.717) is 40.0 Å². The SMILES string of the molecule is Cc1cc(N)nc(C)c1CNC(=O)c1ccc2c(c1)c1oc2c2ccc(-c3ccc(F)c(F)c3F)cc21. The van der Waals surface area contributed by atoms with E-state index in [1.807, 2.05) is 19.9 Å². The van der Waals surface area contributed by atoms with Gasteiger partial charge >= 0.3 is 0 Å². The lowest BCUT2D eigenvalue weighted by molar-refractivity contribution is 0.0951. The summed E-state index contributed by atoms with van der Waals surface area (Å²) in [4.78, 5) is 17.2. The topological polar surface area (TPSA) is 81.1 Å². The number of aryl methyl sites for hydroxylation is 2. The third kappa shape index (κ3) is 3.56. The molecule has 3 N–H and O–H groups in total. The largest absolute Gasteiger partial charge is 0.455 e. The highest BCUT2D eigenvalue weighted by atomic mass is 19.2. The zero-order chi connectivity index (χ0) is 26.0. The Bertz CT molecular complexity index is 1850. The van der Waals surface area contributed by atoms with E-state index in [9.17, 15) is 18.0 Å². The van der Waals surface area contributed by atoms with E-state index in [1.165, 1.54) is 6.07 Å². The number of nitrogen functional groups attached to an aromatic ring is 1. The Balaban J connectivity index is 1.37. The minimum absolute atomic E-state index is 0.0498. The van der Waals surface area contributed by atoms with Crippen molar-refractivity contribution in [3.05, 3.63) is 94.4 Å². The second kappa shape index (κ2) is 8.23. The van der Waals surface area contributed by atoms with Gasteiger partial charge < -0.3 is 15.5 Å². The van der Waals surface area contributed by atoms with Crippen molar-refractivity contribution >= 4 is 44.4 Å². The number of carbonyl (C=O) groups excluding carboxylic acids is 1. The van der Waals surface area contributed by atoms with E-state index in [2.05, 4.69) is 10.3 Å². The number of rotatable bonds is 4. The Morgan fingerprint density at radius 2 is 1.59 bits per heavy atom. The van der Waals surface area contributed by atoms with Crippen molar-refractivity contribution in [2.75, 3.05) is 5.73 Å². The molecule has 5 nitrogen and oxygen atoms in total. The Morgan fingerprint density at radius 1 is 0.892 bits per heavy atom. The zero-order valence-corrected chi connectivity index (χ0v) is 19.9. The Hall–Kier alpha value is -4.59. The smallest absolute Gasteiger partial charge is 0.251 e. The minimum Gasteiger partial charge on any atom is -0.455 e. The summed E-state index contributed by atoms with van der Waals surface area (Å²) in [5.41, 5.74) is 10.4. The van der Waals surface area contributed by atoms with Crippen molar-refractivity contribution in [3.63, 3.8) is 0 Å². The van der Waals surface area contributed by atoms with Gasteiger partial charge in [-0.2, -0.15) is 0 Å². The third-order valence-corrected chi connectivity index (χ3v) is 6.83. The number of benzene rings is 4. The lowest BCUT2D eigenvalue weighted by Gasteiger charge is -2.11. The maximum absolute atomic E-state index is 14.4. The van der Waals surface area contributed by atoms with Crippen molar-refractivity contribution in [3.8, 4) is 11.1 Å².